The number of carbonyl (C=O) groups is 3. The summed E-state index contributed by atoms with van der Waals surface area (Å²) in [6.07, 6.45) is 2.62. The summed E-state index contributed by atoms with van der Waals surface area (Å²) in [5.41, 5.74) is -0.137. The number of carbonyl (C=O) groups excluding carboxylic acids is 3. The van der Waals surface area contributed by atoms with Crippen LogP contribution in [0.4, 0.5) is 4.79 Å². The van der Waals surface area contributed by atoms with Gasteiger partial charge in [0.2, 0.25) is 0 Å². The molecule has 0 aliphatic rings. The fraction of sp³-hybridized carbons (Fsp3) is 0.607. The first-order chi connectivity index (χ1) is 17.3. The normalized spacial score (nSPS) is 12.2. The average Bonchev–Trinajstić information content (AvgIpc) is 2.79. The third kappa shape index (κ3) is 10.0. The first-order valence-electron chi connectivity index (χ1n) is 12.9. The molecule has 0 fully saturated rings. The Morgan fingerprint density at radius 1 is 1.03 bits per heavy atom. The molecule has 0 atom stereocenters. The van der Waals surface area contributed by atoms with Crippen LogP contribution in [0.25, 0.3) is 5.57 Å². The summed E-state index contributed by atoms with van der Waals surface area (Å²) in [4.78, 5) is 49.4. The van der Waals surface area contributed by atoms with Gasteiger partial charge in [0.15, 0.2) is 20.7 Å². The minimum absolute atomic E-state index is 0.0452. The van der Waals surface area contributed by atoms with Gasteiger partial charge in [-0.05, 0) is 63.9 Å². The van der Waals surface area contributed by atoms with Crippen LogP contribution in [0, 0.1) is 0 Å². The Kier molecular flexibility index (Phi) is 12.6. The summed E-state index contributed by atoms with van der Waals surface area (Å²) in [5, 5.41) is 0.0154. The molecule has 0 bridgehead atoms. The first-order valence-corrected chi connectivity index (χ1v) is 16.6. The van der Waals surface area contributed by atoms with Crippen LogP contribution in [0.1, 0.15) is 79.2 Å². The highest BCUT2D eigenvalue weighted by Gasteiger charge is 2.37. The van der Waals surface area contributed by atoms with Gasteiger partial charge < -0.3 is 14.3 Å². The molecule has 1 aromatic rings. The Bertz CT molecular complexity index is 1030. The monoisotopic (exact) mass is 587 g/mol. The molecule has 10 heteroatoms. The van der Waals surface area contributed by atoms with E-state index in [9.17, 15) is 19.2 Å². The molecule has 0 aliphatic heterocycles. The molecule has 0 saturated heterocycles. The maximum absolute atomic E-state index is 13.0. The molecule has 0 radical (unpaired) electrons. The molecule has 0 heterocycles. The van der Waals surface area contributed by atoms with Crippen LogP contribution in [-0.4, -0.2) is 54.5 Å². The summed E-state index contributed by atoms with van der Waals surface area (Å²) < 4.78 is 11.1. The number of benzene rings is 1. The third-order valence-electron chi connectivity index (χ3n) is 6.64. The Morgan fingerprint density at radius 2 is 1.63 bits per heavy atom. The minimum Gasteiger partial charge on any atom is -0.482 e. The zero-order valence-electron chi connectivity index (χ0n) is 24.0. The number of imide groups is 1. The van der Waals surface area contributed by atoms with Gasteiger partial charge in [0.25, 0.3) is 5.91 Å². The lowest BCUT2D eigenvalue weighted by Crippen LogP contribution is -2.43. The van der Waals surface area contributed by atoms with Crippen molar-refractivity contribution < 1.29 is 28.7 Å². The van der Waals surface area contributed by atoms with Crippen molar-refractivity contribution in [3.63, 3.8) is 0 Å². The van der Waals surface area contributed by atoms with E-state index in [0.717, 1.165) is 24.2 Å². The van der Waals surface area contributed by atoms with Crippen molar-refractivity contribution in [1.82, 2.24) is 4.90 Å². The van der Waals surface area contributed by atoms with Crippen molar-refractivity contribution in [1.29, 1.82) is 0 Å². The maximum atomic E-state index is 13.0. The number of hydrogen-bond donors (Lipinski definition) is 1. The molecular formula is C28H43Cl2NO6Si. The van der Waals surface area contributed by atoms with Crippen molar-refractivity contribution in [2.24, 2.45) is 0 Å². The first kappa shape index (κ1) is 34.2. The van der Waals surface area contributed by atoms with Crippen LogP contribution < -0.4 is 4.74 Å². The number of allylic oxidation sites excluding steroid dienone is 1. The second kappa shape index (κ2) is 14.0. The van der Waals surface area contributed by atoms with Crippen LogP contribution in [0.5, 0.6) is 5.75 Å². The molecule has 1 aromatic carbocycles. The van der Waals surface area contributed by atoms with Crippen LogP contribution in [0.15, 0.2) is 18.7 Å². The molecule has 7 nitrogen and oxygen atoms in total. The van der Waals surface area contributed by atoms with E-state index >= 15 is 0 Å². The van der Waals surface area contributed by atoms with Crippen molar-refractivity contribution in [2.45, 2.75) is 97.4 Å². The average molecular weight is 589 g/mol. The standard InChI is InChI=1S/C28H43Cl2NO6Si/c1-10-21(32)19(2)20-14-15-22(25(30)24(20)29)36-18-23(33)31(26(34)37-27(3,4)5)17-13-11-12-16-28(6,7)38(8,9)35/h14-15,35H,2,10-13,16-18H2,1,3-9H3. The Hall–Kier alpha value is -1.87. The number of Topliss-reactive ketones (excluding diaryl/α,β-unsaturated/α-hetero) is 1. The lowest BCUT2D eigenvalue weighted by atomic mass is 10.0. The highest BCUT2D eigenvalue weighted by Crippen LogP contribution is 2.40. The highest BCUT2D eigenvalue weighted by molar-refractivity contribution is 6.72. The zero-order valence-corrected chi connectivity index (χ0v) is 26.5. The van der Waals surface area contributed by atoms with E-state index in [0.29, 0.717) is 12.0 Å². The number of unbranched alkanes of at least 4 members (excludes halogenated alkanes) is 2. The van der Waals surface area contributed by atoms with Crippen molar-refractivity contribution in [3.8, 4) is 5.75 Å². The van der Waals surface area contributed by atoms with E-state index in [1.807, 2.05) is 13.1 Å². The van der Waals surface area contributed by atoms with E-state index < -0.39 is 32.5 Å². The number of ether oxygens (including phenoxy) is 2. The third-order valence-corrected chi connectivity index (χ3v) is 11.1. The fourth-order valence-corrected chi connectivity index (χ4v) is 4.69. The van der Waals surface area contributed by atoms with Gasteiger partial charge in [0.05, 0.1) is 5.02 Å². The highest BCUT2D eigenvalue weighted by atomic mass is 35.5. The summed E-state index contributed by atoms with van der Waals surface area (Å²) >= 11 is 12.7. The predicted molar refractivity (Wildman–Crippen MR) is 156 cm³/mol. The second-order valence-corrected chi connectivity index (χ2v) is 16.8. The van der Waals surface area contributed by atoms with Crippen LogP contribution >= 0.6 is 23.2 Å². The van der Waals surface area contributed by atoms with Gasteiger partial charge in [-0.15, -0.1) is 0 Å². The van der Waals surface area contributed by atoms with Gasteiger partial charge in [-0.2, -0.15) is 0 Å². The topological polar surface area (TPSA) is 93.1 Å². The van der Waals surface area contributed by atoms with Crippen LogP contribution in [-0.2, 0) is 14.3 Å². The molecule has 1 N–H and O–H groups in total. The van der Waals surface area contributed by atoms with E-state index in [1.165, 1.54) is 6.07 Å². The van der Waals surface area contributed by atoms with Gasteiger partial charge in [-0.3, -0.25) is 9.59 Å². The summed E-state index contributed by atoms with van der Waals surface area (Å²) in [6, 6.07) is 3.07. The van der Waals surface area contributed by atoms with Gasteiger partial charge >= 0.3 is 6.09 Å². The minimum atomic E-state index is -2.30. The maximum Gasteiger partial charge on any atom is 0.417 e. The molecule has 0 saturated carbocycles. The Morgan fingerprint density at radius 3 is 2.16 bits per heavy atom. The number of nitrogens with zero attached hydrogens (tertiary/aromatic N) is 1. The van der Waals surface area contributed by atoms with Crippen molar-refractivity contribution in [3.05, 3.63) is 34.3 Å². The number of rotatable bonds is 13. The van der Waals surface area contributed by atoms with Crippen molar-refractivity contribution in [2.75, 3.05) is 13.2 Å². The smallest absolute Gasteiger partial charge is 0.417 e. The molecular weight excluding hydrogens is 545 g/mol. The Balaban J connectivity index is 2.91. The summed E-state index contributed by atoms with van der Waals surface area (Å²) in [6.45, 7) is 18.4. The van der Waals surface area contributed by atoms with Crippen LogP contribution in [0.2, 0.25) is 28.2 Å². The number of ketones is 1. The SMILES string of the molecule is C=C(C(=O)CC)c1ccc(OCC(=O)N(CCCCCC(C)(C)[Si](C)(C)O)C(=O)OC(C)(C)C)c(Cl)c1Cl. The van der Waals surface area contributed by atoms with Gasteiger partial charge in [-0.1, -0.05) is 63.4 Å². The molecule has 2 amide bonds. The van der Waals surface area contributed by atoms with E-state index in [-0.39, 0.29) is 45.2 Å². The van der Waals surface area contributed by atoms with E-state index in [4.69, 9.17) is 32.7 Å². The summed E-state index contributed by atoms with van der Waals surface area (Å²) in [5.74, 6) is -0.594. The fourth-order valence-electron chi connectivity index (χ4n) is 3.41. The zero-order chi connectivity index (χ0) is 29.5. The Labute approximate surface area is 238 Å². The number of halogens is 2. The van der Waals surface area contributed by atoms with E-state index in [1.54, 1.807) is 33.8 Å². The lowest BCUT2D eigenvalue weighted by molar-refractivity contribution is -0.132. The second-order valence-electron chi connectivity index (χ2n) is 11.6. The largest absolute Gasteiger partial charge is 0.482 e. The van der Waals surface area contributed by atoms with Gasteiger partial charge in [0, 0.05) is 24.1 Å². The molecule has 0 aliphatic carbocycles. The lowest BCUT2D eigenvalue weighted by Gasteiger charge is -2.35. The van der Waals surface area contributed by atoms with Crippen LogP contribution in [0.3, 0.4) is 0 Å². The van der Waals surface area contributed by atoms with Crippen molar-refractivity contribution >= 4 is 54.9 Å². The number of hydrogen-bond acceptors (Lipinski definition) is 6. The molecule has 38 heavy (non-hydrogen) atoms. The number of amides is 2. The molecule has 1 rings (SSSR count). The van der Waals surface area contributed by atoms with Gasteiger partial charge in [0.1, 0.15) is 16.4 Å². The van der Waals surface area contributed by atoms with E-state index in [2.05, 4.69) is 20.4 Å². The predicted octanol–water partition coefficient (Wildman–Crippen LogP) is 7.67. The molecule has 0 unspecified atom stereocenters. The molecule has 0 aromatic heterocycles. The summed E-state index contributed by atoms with van der Waals surface area (Å²) in [7, 11) is -2.30. The quantitative estimate of drug-likeness (QED) is 0.144. The van der Waals surface area contributed by atoms with Gasteiger partial charge in [-0.25, -0.2) is 9.69 Å². The molecule has 0 spiro atoms. The molecule has 214 valence electrons.